The average molecular weight is 264 g/mol. The number of anilines is 1. The molecule has 1 saturated heterocycles. The molecule has 0 aliphatic carbocycles. The fraction of sp³-hybridized carbons (Fsp3) is 0.600. The number of aliphatic hydroxyl groups is 1. The fourth-order valence-corrected chi connectivity index (χ4v) is 2.43. The van der Waals surface area contributed by atoms with Crippen LogP contribution in [0.25, 0.3) is 0 Å². The summed E-state index contributed by atoms with van der Waals surface area (Å²) in [6, 6.07) is 8.34. The Morgan fingerprint density at radius 2 is 2.05 bits per heavy atom. The first-order chi connectivity index (χ1) is 9.11. The molecule has 106 valence electrons. The summed E-state index contributed by atoms with van der Waals surface area (Å²) in [4.78, 5) is 4.51. The third-order valence-electron chi connectivity index (χ3n) is 3.56. The molecule has 1 aliphatic rings. The van der Waals surface area contributed by atoms with Crippen LogP contribution in [0.4, 0.5) is 5.69 Å². The van der Waals surface area contributed by atoms with E-state index in [1.807, 2.05) is 32.0 Å². The summed E-state index contributed by atoms with van der Waals surface area (Å²) in [5, 5.41) is 9.44. The van der Waals surface area contributed by atoms with E-state index in [1.54, 1.807) is 0 Å². The van der Waals surface area contributed by atoms with Crippen molar-refractivity contribution < 1.29 is 9.84 Å². The van der Waals surface area contributed by atoms with Crippen molar-refractivity contribution in [1.29, 1.82) is 0 Å². The van der Waals surface area contributed by atoms with Gasteiger partial charge in [0, 0.05) is 19.6 Å². The Morgan fingerprint density at radius 1 is 1.32 bits per heavy atom. The molecular weight excluding hydrogens is 240 g/mol. The lowest BCUT2D eigenvalue weighted by molar-refractivity contribution is 0.135. The fourth-order valence-electron chi connectivity index (χ4n) is 2.43. The minimum absolute atomic E-state index is 0.169. The zero-order chi connectivity index (χ0) is 13.8. The molecular formula is C15H24N2O2. The first-order valence-electron chi connectivity index (χ1n) is 6.93. The molecule has 0 radical (unpaired) electrons. The van der Waals surface area contributed by atoms with E-state index in [2.05, 4.69) is 22.9 Å². The van der Waals surface area contributed by atoms with Crippen molar-refractivity contribution in [2.45, 2.75) is 26.0 Å². The highest BCUT2D eigenvalue weighted by molar-refractivity contribution is 5.59. The van der Waals surface area contributed by atoms with Gasteiger partial charge >= 0.3 is 0 Å². The molecule has 1 heterocycles. The molecule has 0 aromatic heterocycles. The molecule has 1 unspecified atom stereocenters. The summed E-state index contributed by atoms with van der Waals surface area (Å²) < 4.78 is 5.88. The predicted octanol–water partition coefficient (Wildman–Crippen LogP) is 1.59. The lowest BCUT2D eigenvalue weighted by Gasteiger charge is -2.40. The van der Waals surface area contributed by atoms with Crippen molar-refractivity contribution in [2.24, 2.45) is 0 Å². The van der Waals surface area contributed by atoms with Crippen LogP contribution in [0, 0.1) is 0 Å². The van der Waals surface area contributed by atoms with E-state index in [0.29, 0.717) is 0 Å². The number of hydrogen-bond donors (Lipinski definition) is 1. The standard InChI is InChI=1S/C15H24N2O2/c1-12(2)19-15-7-5-4-6-14(15)17-9-8-16(3)13(10-17)11-18/h4-7,12-13,18H,8-11H2,1-3H3. The van der Waals surface area contributed by atoms with Gasteiger partial charge in [0.1, 0.15) is 5.75 Å². The summed E-state index contributed by atoms with van der Waals surface area (Å²) in [6.07, 6.45) is 0.169. The SMILES string of the molecule is CC(C)Oc1ccccc1N1CCN(C)C(CO)C1. The lowest BCUT2D eigenvalue weighted by atomic mass is 10.1. The minimum atomic E-state index is 0.169. The molecule has 4 heteroatoms. The van der Waals surface area contributed by atoms with E-state index in [1.165, 1.54) is 0 Å². The van der Waals surface area contributed by atoms with Gasteiger partial charge in [0.25, 0.3) is 0 Å². The Labute approximate surface area is 115 Å². The second-order valence-corrected chi connectivity index (χ2v) is 5.40. The van der Waals surface area contributed by atoms with E-state index in [-0.39, 0.29) is 18.8 Å². The van der Waals surface area contributed by atoms with Gasteiger partial charge in [0.2, 0.25) is 0 Å². The Balaban J connectivity index is 2.17. The summed E-state index contributed by atoms with van der Waals surface area (Å²) in [5.41, 5.74) is 1.13. The van der Waals surface area contributed by atoms with Crippen LogP contribution in [-0.4, -0.2) is 55.4 Å². The van der Waals surface area contributed by atoms with Crippen LogP contribution in [0.2, 0.25) is 0 Å². The Morgan fingerprint density at radius 3 is 2.74 bits per heavy atom. The van der Waals surface area contributed by atoms with Gasteiger partial charge in [0.05, 0.1) is 24.4 Å². The molecule has 1 fully saturated rings. The molecule has 1 aromatic carbocycles. The van der Waals surface area contributed by atoms with Gasteiger partial charge in [0.15, 0.2) is 0 Å². The minimum Gasteiger partial charge on any atom is -0.489 e. The number of hydrogen-bond acceptors (Lipinski definition) is 4. The van der Waals surface area contributed by atoms with Crippen LogP contribution in [0.5, 0.6) is 5.75 Å². The second-order valence-electron chi connectivity index (χ2n) is 5.40. The second kappa shape index (κ2) is 6.26. The van der Waals surface area contributed by atoms with E-state index < -0.39 is 0 Å². The molecule has 0 saturated carbocycles. The maximum absolute atomic E-state index is 9.44. The Bertz CT molecular complexity index is 409. The molecule has 19 heavy (non-hydrogen) atoms. The highest BCUT2D eigenvalue weighted by Gasteiger charge is 2.25. The van der Waals surface area contributed by atoms with Crippen molar-refractivity contribution in [1.82, 2.24) is 4.90 Å². The van der Waals surface area contributed by atoms with Crippen LogP contribution < -0.4 is 9.64 Å². The van der Waals surface area contributed by atoms with E-state index >= 15 is 0 Å². The van der Waals surface area contributed by atoms with Crippen LogP contribution in [0.15, 0.2) is 24.3 Å². The molecule has 0 bridgehead atoms. The normalized spacial score (nSPS) is 20.9. The van der Waals surface area contributed by atoms with Gasteiger partial charge in [-0.15, -0.1) is 0 Å². The predicted molar refractivity (Wildman–Crippen MR) is 77.9 cm³/mol. The number of para-hydroxylation sites is 2. The smallest absolute Gasteiger partial charge is 0.142 e. The Hall–Kier alpha value is -1.26. The number of piperazine rings is 1. The van der Waals surface area contributed by atoms with E-state index in [9.17, 15) is 5.11 Å². The molecule has 1 aliphatic heterocycles. The van der Waals surface area contributed by atoms with Crippen molar-refractivity contribution in [3.63, 3.8) is 0 Å². The zero-order valence-corrected chi connectivity index (χ0v) is 12.0. The van der Waals surface area contributed by atoms with Crippen LogP contribution in [0.1, 0.15) is 13.8 Å². The quantitative estimate of drug-likeness (QED) is 0.896. The van der Waals surface area contributed by atoms with E-state index in [4.69, 9.17) is 4.74 Å². The number of rotatable bonds is 4. The van der Waals surface area contributed by atoms with Gasteiger partial charge in [-0.3, -0.25) is 4.90 Å². The topological polar surface area (TPSA) is 35.9 Å². The molecule has 0 amide bonds. The third kappa shape index (κ3) is 3.39. The van der Waals surface area contributed by atoms with Gasteiger partial charge < -0.3 is 14.7 Å². The van der Waals surface area contributed by atoms with Gasteiger partial charge in [-0.25, -0.2) is 0 Å². The molecule has 1 aromatic rings. The maximum Gasteiger partial charge on any atom is 0.142 e. The van der Waals surface area contributed by atoms with Crippen molar-refractivity contribution in [2.75, 3.05) is 38.2 Å². The first kappa shape index (κ1) is 14.2. The van der Waals surface area contributed by atoms with Gasteiger partial charge in [-0.2, -0.15) is 0 Å². The number of nitrogens with zero attached hydrogens (tertiary/aromatic N) is 2. The Kier molecular flexibility index (Phi) is 4.66. The molecule has 0 spiro atoms. The zero-order valence-electron chi connectivity index (χ0n) is 12.0. The van der Waals surface area contributed by atoms with E-state index in [0.717, 1.165) is 31.1 Å². The van der Waals surface area contributed by atoms with Gasteiger partial charge in [-0.05, 0) is 33.0 Å². The largest absolute Gasteiger partial charge is 0.489 e. The van der Waals surface area contributed by atoms with Crippen molar-refractivity contribution >= 4 is 5.69 Å². The number of benzene rings is 1. The highest BCUT2D eigenvalue weighted by Crippen LogP contribution is 2.30. The summed E-state index contributed by atoms with van der Waals surface area (Å²) in [5.74, 6) is 0.929. The lowest BCUT2D eigenvalue weighted by Crippen LogP contribution is -2.53. The van der Waals surface area contributed by atoms with Gasteiger partial charge in [-0.1, -0.05) is 12.1 Å². The number of ether oxygens (including phenoxy) is 1. The molecule has 2 rings (SSSR count). The third-order valence-corrected chi connectivity index (χ3v) is 3.56. The van der Waals surface area contributed by atoms with Crippen molar-refractivity contribution in [3.8, 4) is 5.75 Å². The monoisotopic (exact) mass is 264 g/mol. The number of likely N-dealkylation sites (N-methyl/N-ethyl adjacent to an activating group) is 1. The van der Waals surface area contributed by atoms with Crippen molar-refractivity contribution in [3.05, 3.63) is 24.3 Å². The van der Waals surface area contributed by atoms with Crippen LogP contribution >= 0.6 is 0 Å². The molecule has 4 nitrogen and oxygen atoms in total. The highest BCUT2D eigenvalue weighted by atomic mass is 16.5. The summed E-state index contributed by atoms with van der Waals surface area (Å²) in [7, 11) is 2.06. The number of aliphatic hydroxyl groups excluding tert-OH is 1. The molecule has 1 N–H and O–H groups in total. The average Bonchev–Trinajstić information content (AvgIpc) is 2.39. The van der Waals surface area contributed by atoms with Crippen LogP contribution in [0.3, 0.4) is 0 Å². The first-order valence-corrected chi connectivity index (χ1v) is 6.93. The summed E-state index contributed by atoms with van der Waals surface area (Å²) in [6.45, 7) is 7.03. The maximum atomic E-state index is 9.44. The molecule has 1 atom stereocenters. The summed E-state index contributed by atoms with van der Waals surface area (Å²) >= 11 is 0. The van der Waals surface area contributed by atoms with Crippen LogP contribution in [-0.2, 0) is 0 Å².